The summed E-state index contributed by atoms with van der Waals surface area (Å²) < 4.78 is 6.38. The van der Waals surface area contributed by atoms with Gasteiger partial charge in [0.05, 0.1) is 6.10 Å². The van der Waals surface area contributed by atoms with E-state index >= 15 is 0 Å². The Morgan fingerprint density at radius 3 is 2.00 bits per heavy atom. The van der Waals surface area contributed by atoms with Gasteiger partial charge in [-0.2, -0.15) is 0 Å². The highest BCUT2D eigenvalue weighted by molar-refractivity contribution is 5.41. The zero-order chi connectivity index (χ0) is 13.5. The minimum absolute atomic E-state index is 0.0709. The summed E-state index contributed by atoms with van der Waals surface area (Å²) in [5.74, 6) is 0. The van der Waals surface area contributed by atoms with Crippen LogP contribution >= 0.6 is 0 Å². The Morgan fingerprint density at radius 2 is 1.37 bits per heavy atom. The van der Waals surface area contributed by atoms with Crippen LogP contribution in [0, 0.1) is 5.41 Å². The molecule has 0 aliphatic carbocycles. The molecule has 0 amide bonds. The van der Waals surface area contributed by atoms with Crippen molar-refractivity contribution in [2.75, 3.05) is 0 Å². The zero-order valence-corrected chi connectivity index (χ0v) is 11.8. The van der Waals surface area contributed by atoms with Gasteiger partial charge in [-0.05, 0) is 22.1 Å². The second-order valence-corrected chi connectivity index (χ2v) is 6.30. The van der Waals surface area contributed by atoms with Gasteiger partial charge in [-0.3, -0.25) is 0 Å². The molecule has 3 rings (SSSR count). The first-order valence-electron chi connectivity index (χ1n) is 6.86. The number of hydrogen-bond acceptors (Lipinski definition) is 1. The average molecular weight is 252 g/mol. The van der Waals surface area contributed by atoms with Crippen LogP contribution in [0.4, 0.5) is 0 Å². The van der Waals surface area contributed by atoms with Crippen molar-refractivity contribution in [1.82, 2.24) is 0 Å². The van der Waals surface area contributed by atoms with Gasteiger partial charge in [0, 0.05) is 0 Å². The van der Waals surface area contributed by atoms with Crippen molar-refractivity contribution < 1.29 is 4.74 Å². The van der Waals surface area contributed by atoms with Crippen molar-refractivity contribution in [1.29, 1.82) is 0 Å². The molecule has 2 aromatic carbocycles. The predicted octanol–water partition coefficient (Wildman–Crippen LogP) is 4.89. The van der Waals surface area contributed by atoms with Crippen LogP contribution in [-0.2, 0) is 4.74 Å². The summed E-state index contributed by atoms with van der Waals surface area (Å²) in [6.07, 6.45) is 0.232. The molecule has 0 radical (unpaired) electrons. The molecule has 1 nitrogen and oxygen atoms in total. The molecule has 0 unspecified atom stereocenters. The number of ether oxygens (including phenoxy) is 1. The largest absolute Gasteiger partial charge is 0.360 e. The van der Waals surface area contributed by atoms with Crippen LogP contribution in [0.5, 0.6) is 0 Å². The first kappa shape index (κ1) is 12.4. The SMILES string of the molecule is CC(C)(C)[C@H]1O[C@@H](c2ccccc2)c2ccccc21. The molecule has 0 bridgehead atoms. The smallest absolute Gasteiger partial charge is 0.109 e. The van der Waals surface area contributed by atoms with Gasteiger partial charge in [-0.25, -0.2) is 0 Å². The van der Waals surface area contributed by atoms with E-state index in [2.05, 4.69) is 69.3 Å². The van der Waals surface area contributed by atoms with E-state index in [1.807, 2.05) is 6.07 Å². The van der Waals surface area contributed by atoms with E-state index in [9.17, 15) is 0 Å². The molecule has 0 saturated heterocycles. The van der Waals surface area contributed by atoms with Crippen LogP contribution in [0.3, 0.4) is 0 Å². The molecule has 1 aliphatic heterocycles. The van der Waals surface area contributed by atoms with Gasteiger partial charge in [0.25, 0.3) is 0 Å². The molecule has 0 N–H and O–H groups in total. The van der Waals surface area contributed by atoms with Crippen molar-refractivity contribution in [2.24, 2.45) is 5.41 Å². The Labute approximate surface area is 115 Å². The van der Waals surface area contributed by atoms with Gasteiger partial charge >= 0.3 is 0 Å². The molecule has 19 heavy (non-hydrogen) atoms. The van der Waals surface area contributed by atoms with Crippen LogP contribution < -0.4 is 0 Å². The van der Waals surface area contributed by atoms with Gasteiger partial charge in [0.2, 0.25) is 0 Å². The lowest BCUT2D eigenvalue weighted by Gasteiger charge is -2.27. The topological polar surface area (TPSA) is 9.23 Å². The van der Waals surface area contributed by atoms with Gasteiger partial charge in [-0.15, -0.1) is 0 Å². The van der Waals surface area contributed by atoms with Crippen LogP contribution in [0.2, 0.25) is 0 Å². The molecule has 0 fully saturated rings. The zero-order valence-electron chi connectivity index (χ0n) is 11.8. The maximum Gasteiger partial charge on any atom is 0.109 e. The molecule has 98 valence electrons. The fraction of sp³-hybridized carbons (Fsp3) is 0.333. The third kappa shape index (κ3) is 2.19. The van der Waals surface area contributed by atoms with E-state index in [-0.39, 0.29) is 17.6 Å². The minimum atomic E-state index is 0.0709. The summed E-state index contributed by atoms with van der Waals surface area (Å²) in [6.45, 7) is 6.71. The van der Waals surface area contributed by atoms with Crippen LogP contribution in [-0.4, -0.2) is 0 Å². The van der Waals surface area contributed by atoms with E-state index in [4.69, 9.17) is 4.74 Å². The number of benzene rings is 2. The van der Waals surface area contributed by atoms with Crippen LogP contribution in [0.15, 0.2) is 54.6 Å². The highest BCUT2D eigenvalue weighted by Gasteiger charge is 2.38. The molecule has 1 heteroatoms. The normalized spacial score (nSPS) is 22.3. The van der Waals surface area contributed by atoms with Crippen molar-refractivity contribution in [3.63, 3.8) is 0 Å². The number of hydrogen-bond donors (Lipinski definition) is 0. The Kier molecular flexibility index (Phi) is 2.94. The summed E-state index contributed by atoms with van der Waals surface area (Å²) >= 11 is 0. The monoisotopic (exact) mass is 252 g/mol. The van der Waals surface area contributed by atoms with E-state index in [0.717, 1.165) is 0 Å². The third-order valence-corrected chi connectivity index (χ3v) is 3.72. The Hall–Kier alpha value is -1.60. The number of rotatable bonds is 1. The Balaban J connectivity index is 2.07. The predicted molar refractivity (Wildman–Crippen MR) is 78.0 cm³/mol. The summed E-state index contributed by atoms with van der Waals surface area (Å²) in [7, 11) is 0. The lowest BCUT2D eigenvalue weighted by atomic mass is 9.84. The van der Waals surface area contributed by atoms with Crippen LogP contribution in [0.1, 0.15) is 49.7 Å². The van der Waals surface area contributed by atoms with E-state index in [1.54, 1.807) is 0 Å². The van der Waals surface area contributed by atoms with Gasteiger partial charge in [-0.1, -0.05) is 75.4 Å². The van der Waals surface area contributed by atoms with E-state index in [0.29, 0.717) is 0 Å². The molecule has 0 aromatic heterocycles. The van der Waals surface area contributed by atoms with Crippen molar-refractivity contribution in [3.05, 3.63) is 71.3 Å². The lowest BCUT2D eigenvalue weighted by molar-refractivity contribution is -0.0310. The highest BCUT2D eigenvalue weighted by atomic mass is 16.5. The lowest BCUT2D eigenvalue weighted by Crippen LogP contribution is -2.18. The maximum absolute atomic E-state index is 6.38. The second kappa shape index (κ2) is 4.50. The quantitative estimate of drug-likeness (QED) is 0.702. The van der Waals surface area contributed by atoms with Gasteiger partial charge in [0.1, 0.15) is 6.10 Å². The fourth-order valence-electron chi connectivity index (χ4n) is 2.83. The molecule has 2 atom stereocenters. The van der Waals surface area contributed by atoms with Gasteiger partial charge in [0.15, 0.2) is 0 Å². The first-order chi connectivity index (χ1) is 9.07. The molecule has 1 aliphatic rings. The number of fused-ring (bicyclic) bond motifs is 1. The summed E-state index contributed by atoms with van der Waals surface area (Å²) in [6, 6.07) is 19.1. The second-order valence-electron chi connectivity index (χ2n) is 6.30. The molecular formula is C18H20O. The van der Waals surface area contributed by atoms with Crippen molar-refractivity contribution >= 4 is 0 Å². The molecule has 0 spiro atoms. The molecule has 2 aromatic rings. The molecular weight excluding hydrogens is 232 g/mol. The van der Waals surface area contributed by atoms with Crippen LogP contribution in [0.25, 0.3) is 0 Å². The minimum Gasteiger partial charge on any atom is -0.360 e. The fourth-order valence-corrected chi connectivity index (χ4v) is 2.83. The summed E-state index contributed by atoms with van der Waals surface area (Å²) in [4.78, 5) is 0. The van der Waals surface area contributed by atoms with E-state index < -0.39 is 0 Å². The Morgan fingerprint density at radius 1 is 0.789 bits per heavy atom. The molecule has 1 heterocycles. The summed E-state index contributed by atoms with van der Waals surface area (Å²) in [5.41, 5.74) is 4.00. The Bertz CT molecular complexity index is 566. The maximum atomic E-state index is 6.38. The van der Waals surface area contributed by atoms with Crippen molar-refractivity contribution in [3.8, 4) is 0 Å². The third-order valence-electron chi connectivity index (χ3n) is 3.72. The summed E-state index contributed by atoms with van der Waals surface area (Å²) in [5, 5.41) is 0. The van der Waals surface area contributed by atoms with Crippen molar-refractivity contribution in [2.45, 2.75) is 33.0 Å². The highest BCUT2D eigenvalue weighted by Crippen LogP contribution is 2.49. The average Bonchev–Trinajstić information content (AvgIpc) is 2.79. The van der Waals surface area contributed by atoms with E-state index in [1.165, 1.54) is 16.7 Å². The molecule has 0 saturated carbocycles. The first-order valence-corrected chi connectivity index (χ1v) is 6.86. The van der Waals surface area contributed by atoms with Gasteiger partial charge < -0.3 is 4.74 Å². The standard InChI is InChI=1S/C18H20O/c1-18(2,3)17-15-12-8-7-11-14(15)16(19-17)13-9-5-4-6-10-13/h4-12,16-17H,1-3H3/t16-,17-/m0/s1.